The molecule has 2 aliphatic heterocycles. The molecule has 11 atom stereocenters. The maximum Gasteiger partial charge on any atom is 0.348 e. The summed E-state index contributed by atoms with van der Waals surface area (Å²) < 4.78 is 23.0. The average Bonchev–Trinajstić information content (AvgIpc) is 3.18. The first-order valence-corrected chi connectivity index (χ1v) is 13.3. The number of aliphatic hydroxyl groups excluding tert-OH is 3. The highest BCUT2D eigenvalue weighted by Crippen LogP contribution is 2.71. The third kappa shape index (κ3) is 3.36. The average molecular weight is 549 g/mol. The Morgan fingerprint density at radius 3 is 2.46 bits per heavy atom. The number of hydrogen-bond donors (Lipinski definition) is 3. The standard InChI is InChI=1S/C28H36O11/c1-11(2)12(3)8-17(30)39-19-21-27(25(35)36-6)10-37-28(21)16(38-24(19)34)9-14-13(4)7-15(29)22(32)26(14,5)20(28)18(31)23(27)33/h7-8,11,14,16,18-23,31-33H,9-10H2,1-6H3/b12-8+/t14-,16?,18+,19+,20+,21-,22+,23-,26-,27-,28?/m0/s1. The number of carbonyl (C=O) groups is 4. The Labute approximate surface area is 226 Å². The highest BCUT2D eigenvalue weighted by atomic mass is 16.6. The summed E-state index contributed by atoms with van der Waals surface area (Å²) in [6.45, 7) is 8.40. The Morgan fingerprint density at radius 2 is 1.85 bits per heavy atom. The van der Waals surface area contributed by atoms with Gasteiger partial charge in [-0.1, -0.05) is 31.9 Å². The molecule has 2 heterocycles. The van der Waals surface area contributed by atoms with Gasteiger partial charge < -0.3 is 34.3 Å². The van der Waals surface area contributed by atoms with Crippen LogP contribution < -0.4 is 0 Å². The number of ether oxygens (including phenoxy) is 4. The maximum atomic E-state index is 13.5. The summed E-state index contributed by atoms with van der Waals surface area (Å²) in [6, 6.07) is 0. The summed E-state index contributed by atoms with van der Waals surface area (Å²) in [6.07, 6.45) is -5.10. The third-order valence-electron chi connectivity index (χ3n) is 10.3. The lowest BCUT2D eigenvalue weighted by Gasteiger charge is -2.67. The molecular weight excluding hydrogens is 512 g/mol. The number of ketones is 1. The van der Waals surface area contributed by atoms with Crippen molar-refractivity contribution in [2.45, 2.75) is 77.2 Å². The Bertz CT molecular complexity index is 1190. The topological polar surface area (TPSA) is 166 Å². The van der Waals surface area contributed by atoms with E-state index in [1.165, 1.54) is 12.2 Å². The molecule has 0 aromatic rings. The number of fused-ring (bicyclic) bond motifs is 2. The zero-order chi connectivity index (χ0) is 28.8. The minimum atomic E-state index is -1.98. The number of aliphatic hydroxyl groups is 3. The molecule has 5 rings (SSSR count). The molecule has 2 bridgehead atoms. The highest BCUT2D eigenvalue weighted by Gasteiger charge is 2.86. The van der Waals surface area contributed by atoms with Gasteiger partial charge in [0.05, 0.1) is 31.8 Å². The molecule has 39 heavy (non-hydrogen) atoms. The number of rotatable bonds is 4. The van der Waals surface area contributed by atoms with Crippen molar-refractivity contribution in [2.75, 3.05) is 13.7 Å². The molecule has 3 N–H and O–H groups in total. The lowest BCUT2D eigenvalue weighted by molar-refractivity contribution is -0.314. The van der Waals surface area contributed by atoms with Crippen molar-refractivity contribution in [3.05, 3.63) is 23.3 Å². The Balaban J connectivity index is 1.72. The predicted molar refractivity (Wildman–Crippen MR) is 131 cm³/mol. The van der Waals surface area contributed by atoms with Crippen molar-refractivity contribution >= 4 is 23.7 Å². The van der Waals surface area contributed by atoms with Gasteiger partial charge in [-0.15, -0.1) is 0 Å². The van der Waals surface area contributed by atoms with Gasteiger partial charge in [0.2, 0.25) is 6.10 Å². The molecule has 0 aromatic heterocycles. The van der Waals surface area contributed by atoms with Crippen LogP contribution in [0.3, 0.4) is 0 Å². The normalized spacial score (nSPS) is 46.6. The van der Waals surface area contributed by atoms with Crippen molar-refractivity contribution < 1.29 is 53.4 Å². The summed E-state index contributed by atoms with van der Waals surface area (Å²) in [5.74, 6) is -6.27. The van der Waals surface area contributed by atoms with E-state index in [1.807, 2.05) is 13.8 Å². The van der Waals surface area contributed by atoms with Gasteiger partial charge in [-0.05, 0) is 38.2 Å². The summed E-state index contributed by atoms with van der Waals surface area (Å²) in [4.78, 5) is 52.8. The largest absolute Gasteiger partial charge is 0.468 e. The summed E-state index contributed by atoms with van der Waals surface area (Å²) in [5, 5.41) is 34.6. The molecule has 4 fully saturated rings. The van der Waals surface area contributed by atoms with Crippen LogP contribution in [0.1, 0.15) is 41.0 Å². The lowest BCUT2D eigenvalue weighted by Crippen LogP contribution is -2.81. The van der Waals surface area contributed by atoms with Crippen LogP contribution in [0, 0.1) is 34.5 Å². The van der Waals surface area contributed by atoms with E-state index in [1.54, 1.807) is 20.8 Å². The van der Waals surface area contributed by atoms with Gasteiger partial charge in [-0.3, -0.25) is 9.59 Å². The van der Waals surface area contributed by atoms with Crippen LogP contribution in [-0.2, 0) is 38.1 Å². The Hall–Kier alpha value is -2.60. The fourth-order valence-corrected chi connectivity index (χ4v) is 8.21. The van der Waals surface area contributed by atoms with Crippen molar-refractivity contribution in [2.24, 2.45) is 34.5 Å². The molecular formula is C28H36O11. The van der Waals surface area contributed by atoms with E-state index in [2.05, 4.69) is 0 Å². The first kappa shape index (κ1) is 27.9. The van der Waals surface area contributed by atoms with Crippen molar-refractivity contribution in [3.8, 4) is 0 Å². The predicted octanol–water partition coefficient (Wildman–Crippen LogP) is 0.238. The molecule has 11 heteroatoms. The molecule has 0 amide bonds. The highest BCUT2D eigenvalue weighted by molar-refractivity contribution is 5.96. The van der Waals surface area contributed by atoms with Crippen molar-refractivity contribution in [1.29, 1.82) is 0 Å². The fraction of sp³-hybridized carbons (Fsp3) is 0.714. The molecule has 2 saturated heterocycles. The summed E-state index contributed by atoms with van der Waals surface area (Å²) in [5.41, 5.74) is -3.71. The van der Waals surface area contributed by atoms with E-state index < -0.39 is 95.0 Å². The van der Waals surface area contributed by atoms with E-state index in [9.17, 15) is 34.5 Å². The first-order chi connectivity index (χ1) is 18.2. The monoisotopic (exact) mass is 548 g/mol. The van der Waals surface area contributed by atoms with Gasteiger partial charge in [-0.2, -0.15) is 0 Å². The number of esters is 3. The second-order valence-electron chi connectivity index (χ2n) is 12.2. The molecule has 0 aromatic carbocycles. The SMILES string of the molecule is COC(=O)[C@]12COC34C(C[C@H]5C(C)=CC(=O)[C@@H](O)[C@]5(C)[C@H]3[C@@H](O)[C@@H]1O)OC(=O)[C@H](OC(=O)/C=C(\C)C(C)C)[C@H]42. The molecule has 214 valence electrons. The van der Waals surface area contributed by atoms with Crippen LogP contribution in [0.5, 0.6) is 0 Å². The number of hydrogen-bond acceptors (Lipinski definition) is 11. The van der Waals surface area contributed by atoms with Crippen LogP contribution >= 0.6 is 0 Å². The zero-order valence-corrected chi connectivity index (χ0v) is 22.9. The fourth-order valence-electron chi connectivity index (χ4n) is 8.21. The molecule has 11 nitrogen and oxygen atoms in total. The number of allylic oxidation sites excluding steroid dienone is 2. The Kier molecular flexibility index (Phi) is 6.42. The van der Waals surface area contributed by atoms with Crippen LogP contribution in [0.2, 0.25) is 0 Å². The minimum absolute atomic E-state index is 0.0210. The van der Waals surface area contributed by atoms with Crippen molar-refractivity contribution in [1.82, 2.24) is 0 Å². The Morgan fingerprint density at radius 1 is 1.18 bits per heavy atom. The van der Waals surface area contributed by atoms with Gasteiger partial charge in [0.25, 0.3) is 0 Å². The maximum absolute atomic E-state index is 13.5. The van der Waals surface area contributed by atoms with Gasteiger partial charge >= 0.3 is 17.9 Å². The van der Waals surface area contributed by atoms with Crippen LogP contribution in [-0.4, -0.2) is 88.8 Å². The van der Waals surface area contributed by atoms with E-state index in [-0.39, 0.29) is 12.3 Å². The van der Waals surface area contributed by atoms with Crippen LogP contribution in [0.25, 0.3) is 0 Å². The molecule has 2 saturated carbocycles. The molecule has 2 unspecified atom stereocenters. The number of carbonyl (C=O) groups excluding carboxylic acids is 4. The zero-order valence-electron chi connectivity index (χ0n) is 22.9. The second kappa shape index (κ2) is 8.95. The van der Waals surface area contributed by atoms with Gasteiger partial charge in [0, 0.05) is 17.4 Å². The van der Waals surface area contributed by atoms with Gasteiger partial charge in [0.15, 0.2) is 5.78 Å². The third-order valence-corrected chi connectivity index (χ3v) is 10.3. The molecule has 1 spiro atoms. The number of methoxy groups -OCH3 is 1. The summed E-state index contributed by atoms with van der Waals surface area (Å²) in [7, 11) is 1.11. The van der Waals surface area contributed by atoms with E-state index in [4.69, 9.17) is 18.9 Å². The van der Waals surface area contributed by atoms with E-state index >= 15 is 0 Å². The minimum Gasteiger partial charge on any atom is -0.468 e. The quantitative estimate of drug-likeness (QED) is 0.250. The molecule has 5 aliphatic rings. The first-order valence-electron chi connectivity index (χ1n) is 13.3. The van der Waals surface area contributed by atoms with E-state index in [0.29, 0.717) is 11.1 Å². The lowest BCUT2D eigenvalue weighted by atomic mass is 9.40. The molecule has 0 radical (unpaired) electrons. The van der Waals surface area contributed by atoms with Gasteiger partial charge in [-0.25, -0.2) is 9.59 Å². The van der Waals surface area contributed by atoms with Crippen LogP contribution in [0.4, 0.5) is 0 Å². The smallest absolute Gasteiger partial charge is 0.348 e. The molecule has 3 aliphatic carbocycles. The van der Waals surface area contributed by atoms with E-state index in [0.717, 1.165) is 7.11 Å². The summed E-state index contributed by atoms with van der Waals surface area (Å²) >= 11 is 0. The van der Waals surface area contributed by atoms with Crippen molar-refractivity contribution in [3.63, 3.8) is 0 Å². The second-order valence-corrected chi connectivity index (χ2v) is 12.2. The van der Waals surface area contributed by atoms with Crippen LogP contribution in [0.15, 0.2) is 23.3 Å². The van der Waals surface area contributed by atoms with Gasteiger partial charge in [0.1, 0.15) is 23.2 Å².